The van der Waals surface area contributed by atoms with Crippen LogP contribution in [0.5, 0.6) is 0 Å². The van der Waals surface area contributed by atoms with Gasteiger partial charge in [-0.3, -0.25) is 0 Å². The van der Waals surface area contributed by atoms with Crippen molar-refractivity contribution in [2.24, 2.45) is 0 Å². The molecule has 3 nitrogen and oxygen atoms in total. The summed E-state index contributed by atoms with van der Waals surface area (Å²) in [6, 6.07) is 7.15. The molecule has 0 amide bonds. The van der Waals surface area contributed by atoms with Gasteiger partial charge in [0.2, 0.25) is 9.84 Å². The number of hydrogen-bond donors (Lipinski definition) is 0. The monoisotopic (exact) mass is 268 g/mol. The molecule has 0 aromatic heterocycles. The van der Waals surface area contributed by atoms with E-state index in [1.54, 1.807) is 12.1 Å². The van der Waals surface area contributed by atoms with Crippen LogP contribution < -0.4 is 0 Å². The van der Waals surface area contributed by atoms with Crippen LogP contribution in [0.3, 0.4) is 0 Å². The molecule has 0 saturated heterocycles. The molecule has 1 heterocycles. The maximum atomic E-state index is 12.5. The first-order valence-electron chi connectivity index (χ1n) is 6.41. The van der Waals surface area contributed by atoms with Crippen LogP contribution >= 0.6 is 0 Å². The van der Waals surface area contributed by atoms with E-state index < -0.39 is 20.9 Å². The molecular weight excluding hydrogens is 248 g/mol. The fourth-order valence-electron chi connectivity index (χ4n) is 2.39. The summed E-state index contributed by atoms with van der Waals surface area (Å²) in [6.45, 7) is 5.91. The lowest BCUT2D eigenvalue weighted by atomic mass is 9.97. The van der Waals surface area contributed by atoms with Gasteiger partial charge < -0.3 is 4.74 Å². The number of hydrogen-bond acceptors (Lipinski definition) is 3. The Hall–Kier alpha value is -0.870. The van der Waals surface area contributed by atoms with Crippen molar-refractivity contribution in [2.45, 2.75) is 56.0 Å². The van der Waals surface area contributed by atoms with Crippen LogP contribution in [0.2, 0.25) is 0 Å². The number of fused-ring (bicyclic) bond motifs is 1. The molecule has 0 spiro atoms. The minimum absolute atomic E-state index is 0.433. The Labute approximate surface area is 109 Å². The van der Waals surface area contributed by atoms with E-state index in [0.717, 1.165) is 18.4 Å². The van der Waals surface area contributed by atoms with Crippen molar-refractivity contribution in [1.82, 2.24) is 0 Å². The van der Waals surface area contributed by atoms with Crippen molar-refractivity contribution in [3.8, 4) is 0 Å². The molecule has 1 unspecified atom stereocenters. The highest BCUT2D eigenvalue weighted by Crippen LogP contribution is 2.40. The third kappa shape index (κ3) is 2.19. The highest BCUT2D eigenvalue weighted by atomic mass is 32.2. The normalized spacial score (nSPS) is 24.5. The van der Waals surface area contributed by atoms with Gasteiger partial charge in [0.15, 0.2) is 5.44 Å². The average molecular weight is 268 g/mol. The molecule has 1 aliphatic heterocycles. The van der Waals surface area contributed by atoms with E-state index in [1.807, 2.05) is 26.0 Å². The number of rotatable bonds is 3. The van der Waals surface area contributed by atoms with Gasteiger partial charge in [-0.1, -0.05) is 38.0 Å². The lowest BCUT2D eigenvalue weighted by Crippen LogP contribution is -2.40. The van der Waals surface area contributed by atoms with Crippen molar-refractivity contribution >= 4 is 9.84 Å². The Morgan fingerprint density at radius 3 is 2.61 bits per heavy atom. The highest BCUT2D eigenvalue weighted by Gasteiger charge is 2.42. The van der Waals surface area contributed by atoms with Gasteiger partial charge in [0.25, 0.3) is 0 Å². The van der Waals surface area contributed by atoms with E-state index in [4.69, 9.17) is 4.74 Å². The zero-order chi connectivity index (χ0) is 13.4. The van der Waals surface area contributed by atoms with Crippen molar-refractivity contribution in [1.29, 1.82) is 0 Å². The zero-order valence-electron chi connectivity index (χ0n) is 11.1. The number of benzene rings is 1. The molecule has 1 aliphatic rings. The smallest absolute Gasteiger partial charge is 0.205 e. The van der Waals surface area contributed by atoms with E-state index in [9.17, 15) is 8.42 Å². The molecule has 4 heteroatoms. The van der Waals surface area contributed by atoms with Crippen LogP contribution in [-0.4, -0.2) is 13.9 Å². The molecule has 0 saturated carbocycles. The van der Waals surface area contributed by atoms with E-state index in [0.29, 0.717) is 11.3 Å². The molecule has 1 atom stereocenters. The summed E-state index contributed by atoms with van der Waals surface area (Å²) in [5.41, 5.74) is -0.486. The maximum absolute atomic E-state index is 12.5. The average Bonchev–Trinajstić information content (AvgIpc) is 2.33. The first-order chi connectivity index (χ1) is 8.39. The topological polar surface area (TPSA) is 43.4 Å². The SMILES string of the molecule is CCCCC1OC(C)(C)c2ccccc2S1(=O)=O. The predicted octanol–water partition coefficient (Wildman–Crippen LogP) is 3.24. The summed E-state index contributed by atoms with van der Waals surface area (Å²) >= 11 is 0. The van der Waals surface area contributed by atoms with Crippen LogP contribution in [0.15, 0.2) is 29.2 Å². The van der Waals surface area contributed by atoms with Crippen LogP contribution in [-0.2, 0) is 20.2 Å². The molecule has 0 radical (unpaired) electrons. The molecule has 1 aromatic carbocycles. The Balaban J connectivity index is 2.49. The van der Waals surface area contributed by atoms with Crippen molar-refractivity contribution < 1.29 is 13.2 Å². The second kappa shape index (κ2) is 4.67. The van der Waals surface area contributed by atoms with E-state index in [1.165, 1.54) is 0 Å². The van der Waals surface area contributed by atoms with Gasteiger partial charge in [0, 0.05) is 5.56 Å². The van der Waals surface area contributed by atoms with E-state index >= 15 is 0 Å². The quantitative estimate of drug-likeness (QED) is 0.845. The first-order valence-corrected chi connectivity index (χ1v) is 7.95. The van der Waals surface area contributed by atoms with Gasteiger partial charge in [0.05, 0.1) is 10.5 Å². The molecular formula is C14H20O3S. The third-order valence-corrected chi connectivity index (χ3v) is 5.40. The van der Waals surface area contributed by atoms with Gasteiger partial charge in [-0.2, -0.15) is 0 Å². The van der Waals surface area contributed by atoms with Crippen LogP contribution in [0.4, 0.5) is 0 Å². The fraction of sp³-hybridized carbons (Fsp3) is 0.571. The van der Waals surface area contributed by atoms with Gasteiger partial charge in [-0.15, -0.1) is 0 Å². The van der Waals surface area contributed by atoms with Crippen molar-refractivity contribution in [3.05, 3.63) is 29.8 Å². The first kappa shape index (κ1) is 13.6. The summed E-state index contributed by atoms with van der Waals surface area (Å²) in [7, 11) is -3.35. The summed E-state index contributed by atoms with van der Waals surface area (Å²) < 4.78 is 30.8. The van der Waals surface area contributed by atoms with Crippen molar-refractivity contribution in [2.75, 3.05) is 0 Å². The summed E-state index contributed by atoms with van der Waals surface area (Å²) in [5.74, 6) is 0. The molecule has 2 rings (SSSR count). The minimum Gasteiger partial charge on any atom is -0.351 e. The highest BCUT2D eigenvalue weighted by molar-refractivity contribution is 7.92. The molecule has 100 valence electrons. The number of unbranched alkanes of at least 4 members (excludes halogenated alkanes) is 1. The largest absolute Gasteiger partial charge is 0.351 e. The van der Waals surface area contributed by atoms with Crippen LogP contribution in [0.1, 0.15) is 45.6 Å². The molecule has 1 aromatic rings. The second-order valence-corrected chi connectivity index (χ2v) is 7.30. The molecule has 0 N–H and O–H groups in total. The van der Waals surface area contributed by atoms with Gasteiger partial charge >= 0.3 is 0 Å². The van der Waals surface area contributed by atoms with Gasteiger partial charge in [-0.25, -0.2) is 8.42 Å². The summed E-state index contributed by atoms with van der Waals surface area (Å²) in [4.78, 5) is 0.433. The third-order valence-electron chi connectivity index (χ3n) is 3.41. The lowest BCUT2D eigenvalue weighted by Gasteiger charge is -2.37. The minimum atomic E-state index is -3.35. The Bertz CT molecular complexity index is 532. The molecule has 0 fully saturated rings. The van der Waals surface area contributed by atoms with Gasteiger partial charge in [0.1, 0.15) is 0 Å². The van der Waals surface area contributed by atoms with Crippen LogP contribution in [0, 0.1) is 0 Å². The van der Waals surface area contributed by atoms with E-state index in [2.05, 4.69) is 6.92 Å². The van der Waals surface area contributed by atoms with Crippen LogP contribution in [0.25, 0.3) is 0 Å². The predicted molar refractivity (Wildman–Crippen MR) is 71.1 cm³/mol. The standard InChI is InChI=1S/C14H20O3S/c1-4-5-10-13-17-14(2,3)11-8-6-7-9-12(11)18(13,15)16/h6-9,13H,4-5,10H2,1-3H3. The second-order valence-electron chi connectivity index (χ2n) is 5.24. The van der Waals surface area contributed by atoms with E-state index in [-0.39, 0.29) is 0 Å². The number of sulfone groups is 1. The molecule has 0 aliphatic carbocycles. The maximum Gasteiger partial charge on any atom is 0.205 e. The Morgan fingerprint density at radius 1 is 1.28 bits per heavy atom. The summed E-state index contributed by atoms with van der Waals surface area (Å²) in [5, 5.41) is 0. The number of ether oxygens (including phenoxy) is 1. The zero-order valence-corrected chi connectivity index (χ0v) is 12.0. The molecule has 18 heavy (non-hydrogen) atoms. The fourth-order valence-corrected chi connectivity index (χ4v) is 4.41. The van der Waals surface area contributed by atoms with Gasteiger partial charge in [-0.05, 0) is 26.3 Å². The Kier molecular flexibility index (Phi) is 3.52. The summed E-state index contributed by atoms with van der Waals surface area (Å²) in [6.07, 6.45) is 2.40. The van der Waals surface area contributed by atoms with Crippen molar-refractivity contribution in [3.63, 3.8) is 0 Å². The molecule has 0 bridgehead atoms. The Morgan fingerprint density at radius 2 is 1.94 bits per heavy atom. The lowest BCUT2D eigenvalue weighted by molar-refractivity contribution is -0.0522.